The molecule has 1 heterocycles. The van der Waals surface area contributed by atoms with Gasteiger partial charge in [-0.2, -0.15) is 0 Å². The van der Waals surface area contributed by atoms with E-state index in [2.05, 4.69) is 23.8 Å². The molecule has 1 rings (SSSR count). The van der Waals surface area contributed by atoms with E-state index >= 15 is 0 Å². The molecule has 0 aliphatic heterocycles. The number of aryl methyl sites for hydroxylation is 2. The molecule has 2 nitrogen and oxygen atoms in total. The lowest BCUT2D eigenvalue weighted by molar-refractivity contribution is 0.815. The van der Waals surface area contributed by atoms with Crippen LogP contribution in [0.2, 0.25) is 0 Å². The number of hydrogen-bond donors (Lipinski definition) is 0. The van der Waals surface area contributed by atoms with Crippen LogP contribution in [0.15, 0.2) is 12.5 Å². The second-order valence-electron chi connectivity index (χ2n) is 2.99. The molecule has 0 aliphatic rings. The van der Waals surface area contributed by atoms with E-state index in [9.17, 15) is 0 Å². The fraction of sp³-hybridized carbons (Fsp3) is 0.600. The van der Waals surface area contributed by atoms with Crippen LogP contribution in [-0.4, -0.2) is 9.97 Å². The second-order valence-corrected chi connectivity index (χ2v) is 2.99. The summed E-state index contributed by atoms with van der Waals surface area (Å²) in [5, 5.41) is 0. The van der Waals surface area contributed by atoms with Crippen molar-refractivity contribution in [2.24, 2.45) is 0 Å². The fourth-order valence-electron chi connectivity index (χ4n) is 1.32. The SMILES string of the molecule is CCCc1cncnc1CCC. The Morgan fingerprint density at radius 2 is 1.92 bits per heavy atom. The largest absolute Gasteiger partial charge is 0.245 e. The zero-order chi connectivity index (χ0) is 8.81. The molecular formula is C10H16N2. The van der Waals surface area contributed by atoms with E-state index in [1.165, 1.54) is 17.7 Å². The van der Waals surface area contributed by atoms with Crippen LogP contribution >= 0.6 is 0 Å². The van der Waals surface area contributed by atoms with Gasteiger partial charge in [0.15, 0.2) is 0 Å². The fourth-order valence-corrected chi connectivity index (χ4v) is 1.32. The molecule has 0 N–H and O–H groups in total. The maximum Gasteiger partial charge on any atom is 0.115 e. The Kier molecular flexibility index (Phi) is 3.71. The smallest absolute Gasteiger partial charge is 0.115 e. The topological polar surface area (TPSA) is 25.8 Å². The predicted octanol–water partition coefficient (Wildman–Crippen LogP) is 2.38. The first-order valence-corrected chi connectivity index (χ1v) is 4.66. The van der Waals surface area contributed by atoms with Crippen LogP contribution in [0.5, 0.6) is 0 Å². The van der Waals surface area contributed by atoms with Gasteiger partial charge in [-0.3, -0.25) is 0 Å². The van der Waals surface area contributed by atoms with Crippen molar-refractivity contribution < 1.29 is 0 Å². The van der Waals surface area contributed by atoms with E-state index < -0.39 is 0 Å². The van der Waals surface area contributed by atoms with E-state index in [4.69, 9.17) is 0 Å². The number of hydrogen-bond acceptors (Lipinski definition) is 2. The molecule has 0 saturated heterocycles. The highest BCUT2D eigenvalue weighted by Gasteiger charge is 2.00. The van der Waals surface area contributed by atoms with Crippen LogP contribution in [-0.2, 0) is 12.8 Å². The first kappa shape index (κ1) is 9.17. The van der Waals surface area contributed by atoms with Gasteiger partial charge in [0.25, 0.3) is 0 Å². The molecule has 0 fully saturated rings. The summed E-state index contributed by atoms with van der Waals surface area (Å²) in [6.45, 7) is 4.36. The summed E-state index contributed by atoms with van der Waals surface area (Å²) < 4.78 is 0. The number of nitrogens with zero attached hydrogens (tertiary/aromatic N) is 2. The van der Waals surface area contributed by atoms with Crippen LogP contribution in [0.4, 0.5) is 0 Å². The molecule has 1 aromatic heterocycles. The Labute approximate surface area is 74.1 Å². The monoisotopic (exact) mass is 164 g/mol. The lowest BCUT2D eigenvalue weighted by Crippen LogP contribution is -1.98. The van der Waals surface area contributed by atoms with E-state index in [1.807, 2.05) is 6.20 Å². The molecule has 0 amide bonds. The summed E-state index contributed by atoms with van der Waals surface area (Å²) in [5.41, 5.74) is 2.55. The lowest BCUT2D eigenvalue weighted by atomic mass is 10.1. The zero-order valence-electron chi connectivity index (χ0n) is 7.88. The van der Waals surface area contributed by atoms with Crippen LogP contribution in [0.1, 0.15) is 37.9 Å². The van der Waals surface area contributed by atoms with Crippen LogP contribution < -0.4 is 0 Å². The van der Waals surface area contributed by atoms with Gasteiger partial charge in [-0.05, 0) is 18.4 Å². The lowest BCUT2D eigenvalue weighted by Gasteiger charge is -2.04. The Morgan fingerprint density at radius 3 is 2.58 bits per heavy atom. The van der Waals surface area contributed by atoms with Gasteiger partial charge in [0.05, 0.1) is 0 Å². The molecule has 1 aromatic rings. The highest BCUT2D eigenvalue weighted by molar-refractivity contribution is 5.15. The molecule has 0 aromatic carbocycles. The Bertz CT molecular complexity index is 208. The van der Waals surface area contributed by atoms with Crippen LogP contribution in [0.25, 0.3) is 0 Å². The minimum atomic E-state index is 1.08. The van der Waals surface area contributed by atoms with Gasteiger partial charge in [-0.15, -0.1) is 0 Å². The molecule has 0 aliphatic carbocycles. The van der Waals surface area contributed by atoms with Crippen molar-refractivity contribution in [2.45, 2.75) is 39.5 Å². The third kappa shape index (κ3) is 2.29. The Balaban J connectivity index is 2.77. The summed E-state index contributed by atoms with van der Waals surface area (Å²) in [4.78, 5) is 8.31. The molecule has 0 radical (unpaired) electrons. The van der Waals surface area contributed by atoms with Gasteiger partial charge in [0.2, 0.25) is 0 Å². The second kappa shape index (κ2) is 4.86. The van der Waals surface area contributed by atoms with Crippen molar-refractivity contribution in [3.63, 3.8) is 0 Å². The average molecular weight is 164 g/mol. The molecule has 0 atom stereocenters. The van der Waals surface area contributed by atoms with Gasteiger partial charge < -0.3 is 0 Å². The molecule has 0 saturated carbocycles. The van der Waals surface area contributed by atoms with E-state index in [1.54, 1.807) is 6.33 Å². The van der Waals surface area contributed by atoms with E-state index in [0.717, 1.165) is 19.3 Å². The number of aromatic nitrogens is 2. The molecular weight excluding hydrogens is 148 g/mol. The first-order valence-electron chi connectivity index (χ1n) is 4.66. The quantitative estimate of drug-likeness (QED) is 0.682. The summed E-state index contributed by atoms with van der Waals surface area (Å²) >= 11 is 0. The molecule has 0 bridgehead atoms. The molecule has 0 spiro atoms. The highest BCUT2D eigenvalue weighted by Crippen LogP contribution is 2.08. The van der Waals surface area contributed by atoms with E-state index in [-0.39, 0.29) is 0 Å². The number of rotatable bonds is 4. The predicted molar refractivity (Wildman–Crippen MR) is 50.0 cm³/mol. The molecule has 66 valence electrons. The first-order chi connectivity index (χ1) is 5.88. The van der Waals surface area contributed by atoms with Gasteiger partial charge in [0.1, 0.15) is 6.33 Å². The van der Waals surface area contributed by atoms with Crippen molar-refractivity contribution in [1.29, 1.82) is 0 Å². The third-order valence-corrected chi connectivity index (χ3v) is 1.89. The Hall–Kier alpha value is -0.920. The molecule has 12 heavy (non-hydrogen) atoms. The average Bonchev–Trinajstić information content (AvgIpc) is 2.09. The summed E-state index contributed by atoms with van der Waals surface area (Å²) in [6, 6.07) is 0. The maximum absolute atomic E-state index is 4.28. The molecule has 2 heteroatoms. The van der Waals surface area contributed by atoms with E-state index in [0.29, 0.717) is 0 Å². The van der Waals surface area contributed by atoms with Crippen molar-refractivity contribution >= 4 is 0 Å². The van der Waals surface area contributed by atoms with Crippen molar-refractivity contribution in [3.05, 3.63) is 23.8 Å². The minimum absolute atomic E-state index is 1.08. The van der Waals surface area contributed by atoms with Crippen molar-refractivity contribution in [2.75, 3.05) is 0 Å². The van der Waals surface area contributed by atoms with Gasteiger partial charge in [-0.1, -0.05) is 26.7 Å². The minimum Gasteiger partial charge on any atom is -0.245 e. The third-order valence-electron chi connectivity index (χ3n) is 1.89. The van der Waals surface area contributed by atoms with Crippen molar-refractivity contribution in [1.82, 2.24) is 9.97 Å². The summed E-state index contributed by atoms with van der Waals surface area (Å²) in [7, 11) is 0. The Morgan fingerprint density at radius 1 is 1.17 bits per heavy atom. The normalized spacial score (nSPS) is 10.2. The van der Waals surface area contributed by atoms with Gasteiger partial charge in [-0.25, -0.2) is 9.97 Å². The summed E-state index contributed by atoms with van der Waals surface area (Å²) in [6.07, 6.45) is 8.11. The highest BCUT2D eigenvalue weighted by atomic mass is 14.8. The van der Waals surface area contributed by atoms with Crippen molar-refractivity contribution in [3.8, 4) is 0 Å². The summed E-state index contributed by atoms with van der Waals surface area (Å²) in [5.74, 6) is 0. The zero-order valence-corrected chi connectivity index (χ0v) is 7.88. The standard InChI is InChI=1S/C10H16N2/c1-3-5-9-7-11-8-12-10(9)6-4-2/h7-8H,3-6H2,1-2H3. The van der Waals surface area contributed by atoms with Gasteiger partial charge in [0, 0.05) is 11.9 Å². The molecule has 0 unspecified atom stereocenters. The van der Waals surface area contributed by atoms with Crippen LogP contribution in [0, 0.1) is 0 Å². The van der Waals surface area contributed by atoms with Crippen LogP contribution in [0.3, 0.4) is 0 Å². The van der Waals surface area contributed by atoms with Gasteiger partial charge >= 0.3 is 0 Å². The maximum atomic E-state index is 4.28.